The Morgan fingerprint density at radius 2 is 1.14 bits per heavy atom. The second kappa shape index (κ2) is 12.1. The van der Waals surface area contributed by atoms with Crippen LogP contribution in [0.5, 0.6) is 0 Å². The molecule has 10 rings (SSSR count). The van der Waals surface area contributed by atoms with Crippen molar-refractivity contribution in [1.29, 1.82) is 0 Å². The van der Waals surface area contributed by atoms with Gasteiger partial charge >= 0.3 is 0 Å². The minimum absolute atomic E-state index is 0.129. The van der Waals surface area contributed by atoms with Crippen LogP contribution in [-0.2, 0) is 0 Å². The predicted molar refractivity (Wildman–Crippen MR) is 211 cm³/mol. The van der Waals surface area contributed by atoms with Crippen LogP contribution in [-0.4, -0.2) is 5.84 Å². The topological polar surface area (TPSA) is 49.6 Å². The highest BCUT2D eigenvalue weighted by Gasteiger charge is 2.28. The number of hydrogen-bond acceptors (Lipinski definition) is 4. The van der Waals surface area contributed by atoms with Crippen molar-refractivity contribution in [3.8, 4) is 22.3 Å². The van der Waals surface area contributed by atoms with Crippen molar-refractivity contribution in [3.05, 3.63) is 193 Å². The molecule has 2 heterocycles. The van der Waals surface area contributed by atoms with E-state index in [1.165, 1.54) is 21.5 Å². The zero-order chi connectivity index (χ0) is 33.7. The summed E-state index contributed by atoms with van der Waals surface area (Å²) in [6.07, 6.45) is -0.434. The molecule has 0 spiro atoms. The summed E-state index contributed by atoms with van der Waals surface area (Å²) < 4.78 is 6.57. The summed E-state index contributed by atoms with van der Waals surface area (Å²) in [5.74, 6) is 0.869. The smallest absolute Gasteiger partial charge is 0.143 e. The Morgan fingerprint density at radius 3 is 1.94 bits per heavy atom. The third-order valence-corrected chi connectivity index (χ3v) is 10.2. The molecule has 242 valence electrons. The second-order valence-corrected chi connectivity index (χ2v) is 13.2. The molecule has 0 saturated heterocycles. The van der Waals surface area contributed by atoms with Gasteiger partial charge in [0.25, 0.3) is 0 Å². The first-order valence-corrected chi connectivity index (χ1v) is 17.4. The van der Waals surface area contributed by atoms with Crippen LogP contribution in [0.15, 0.2) is 185 Å². The van der Waals surface area contributed by atoms with E-state index in [9.17, 15) is 0 Å². The number of furan rings is 1. The minimum Gasteiger partial charge on any atom is -0.455 e. The fourth-order valence-electron chi connectivity index (χ4n) is 7.73. The van der Waals surface area contributed by atoms with Crippen molar-refractivity contribution in [3.63, 3.8) is 0 Å². The van der Waals surface area contributed by atoms with Gasteiger partial charge in [0.2, 0.25) is 0 Å². The quantitative estimate of drug-likeness (QED) is 0.194. The predicted octanol–water partition coefficient (Wildman–Crippen LogP) is 11.6. The van der Waals surface area contributed by atoms with Crippen LogP contribution in [0.3, 0.4) is 0 Å². The molecule has 1 aliphatic heterocycles. The van der Waals surface area contributed by atoms with Crippen LogP contribution < -0.4 is 10.6 Å². The second-order valence-electron chi connectivity index (χ2n) is 13.2. The van der Waals surface area contributed by atoms with Gasteiger partial charge < -0.3 is 9.73 Å². The van der Waals surface area contributed by atoms with Crippen molar-refractivity contribution < 1.29 is 4.42 Å². The lowest BCUT2D eigenvalue weighted by atomic mass is 9.90. The molecule has 0 aliphatic carbocycles. The number of nitrogens with one attached hydrogen (secondary N) is 2. The lowest BCUT2D eigenvalue weighted by molar-refractivity contribution is 0.411. The van der Waals surface area contributed by atoms with Gasteiger partial charge in [0.15, 0.2) is 0 Å². The Hall–Kier alpha value is -6.49. The number of nitrogens with zero attached hydrogens (tertiary/aromatic N) is 1. The Labute approximate surface area is 295 Å². The van der Waals surface area contributed by atoms with E-state index >= 15 is 0 Å². The van der Waals surface area contributed by atoms with E-state index in [0.29, 0.717) is 0 Å². The third kappa shape index (κ3) is 5.08. The summed E-state index contributed by atoms with van der Waals surface area (Å²) in [4.78, 5) is 5.37. The average Bonchev–Trinajstić information content (AvgIpc) is 3.58. The van der Waals surface area contributed by atoms with E-state index in [0.717, 1.165) is 66.7 Å². The highest BCUT2D eigenvalue weighted by atomic mass is 16.3. The van der Waals surface area contributed by atoms with E-state index in [4.69, 9.17) is 9.41 Å². The molecule has 0 saturated carbocycles. The highest BCUT2D eigenvalue weighted by Crippen LogP contribution is 2.43. The molecule has 0 bridgehead atoms. The Morgan fingerprint density at radius 1 is 0.490 bits per heavy atom. The molecule has 2 N–H and O–H groups in total. The maximum Gasteiger partial charge on any atom is 0.143 e. The Balaban J connectivity index is 1.14. The van der Waals surface area contributed by atoms with Crippen LogP contribution in [0, 0.1) is 0 Å². The SMILES string of the molecule is c1ccc(C2=NC(c3c(-c4ccc(-c5c6ccccc6cc6c5oc5ccccc56)cc4)ccc4ccccc34)NC(c3ccccc3)N2)cc1. The van der Waals surface area contributed by atoms with Gasteiger partial charge in [-0.05, 0) is 55.9 Å². The van der Waals surface area contributed by atoms with Gasteiger partial charge in [-0.1, -0.05) is 164 Å². The summed E-state index contributed by atoms with van der Waals surface area (Å²) in [6, 6.07) is 62.2. The molecule has 8 aromatic carbocycles. The maximum atomic E-state index is 6.57. The van der Waals surface area contributed by atoms with Gasteiger partial charge in [-0.15, -0.1) is 0 Å². The van der Waals surface area contributed by atoms with Gasteiger partial charge in [0.1, 0.15) is 29.3 Å². The summed E-state index contributed by atoms with van der Waals surface area (Å²) in [5.41, 5.74) is 9.71. The van der Waals surface area contributed by atoms with Gasteiger partial charge in [0, 0.05) is 27.5 Å². The molecule has 4 heteroatoms. The number of aliphatic imine (C=N–C) groups is 1. The lowest BCUT2D eigenvalue weighted by Crippen LogP contribution is -2.45. The average molecular weight is 656 g/mol. The van der Waals surface area contributed by atoms with Crippen LogP contribution in [0.2, 0.25) is 0 Å². The van der Waals surface area contributed by atoms with E-state index in [1.54, 1.807) is 0 Å². The van der Waals surface area contributed by atoms with Crippen molar-refractivity contribution in [2.45, 2.75) is 12.3 Å². The number of para-hydroxylation sites is 1. The van der Waals surface area contributed by atoms with E-state index in [1.807, 2.05) is 12.1 Å². The first kappa shape index (κ1) is 29.4. The van der Waals surface area contributed by atoms with Crippen molar-refractivity contribution >= 4 is 49.3 Å². The molecule has 2 unspecified atom stereocenters. The standard InChI is InChI=1S/C47H33N3O/c1-3-14-33(15-4-1)45-48-46(34-16-5-2-6-17-34)50-47(49-45)43-36-19-9-7-13-30(36)27-28-38(43)31-23-25-32(26-24-31)42-37-20-10-8-18-35(37)29-40-39-21-11-12-22-41(39)51-44(40)42/h1-29,45,47,49H,(H,48,50). The lowest BCUT2D eigenvalue weighted by Gasteiger charge is -2.33. The number of amidine groups is 1. The number of benzene rings is 8. The Bertz CT molecular complexity index is 2750. The Kier molecular flexibility index (Phi) is 7.00. The summed E-state index contributed by atoms with van der Waals surface area (Å²) >= 11 is 0. The molecule has 2 atom stereocenters. The molecule has 0 radical (unpaired) electrons. The summed E-state index contributed by atoms with van der Waals surface area (Å²) in [5, 5.41) is 14.6. The van der Waals surface area contributed by atoms with Crippen LogP contribution in [0.4, 0.5) is 0 Å². The molecular weight excluding hydrogens is 623 g/mol. The van der Waals surface area contributed by atoms with Gasteiger partial charge in [-0.2, -0.15) is 0 Å². The molecule has 0 fully saturated rings. The van der Waals surface area contributed by atoms with Crippen molar-refractivity contribution in [1.82, 2.24) is 10.6 Å². The zero-order valence-corrected chi connectivity index (χ0v) is 27.8. The van der Waals surface area contributed by atoms with E-state index < -0.39 is 0 Å². The molecule has 51 heavy (non-hydrogen) atoms. The van der Waals surface area contributed by atoms with Crippen molar-refractivity contribution in [2.24, 2.45) is 4.99 Å². The van der Waals surface area contributed by atoms with Crippen molar-refractivity contribution in [2.75, 3.05) is 0 Å². The van der Waals surface area contributed by atoms with E-state index in [2.05, 4.69) is 174 Å². The molecule has 9 aromatic rings. The summed E-state index contributed by atoms with van der Waals surface area (Å²) in [6.45, 7) is 0. The van der Waals surface area contributed by atoms with Crippen LogP contribution in [0.25, 0.3) is 65.7 Å². The summed E-state index contributed by atoms with van der Waals surface area (Å²) in [7, 11) is 0. The number of fused-ring (bicyclic) bond motifs is 5. The molecule has 1 aromatic heterocycles. The van der Waals surface area contributed by atoms with Gasteiger partial charge in [-0.25, -0.2) is 4.99 Å². The zero-order valence-electron chi connectivity index (χ0n) is 27.8. The third-order valence-electron chi connectivity index (χ3n) is 10.2. The normalized spacial score (nSPS) is 16.0. The molecule has 4 nitrogen and oxygen atoms in total. The van der Waals surface area contributed by atoms with Crippen LogP contribution in [0.1, 0.15) is 29.0 Å². The van der Waals surface area contributed by atoms with Gasteiger partial charge in [0.05, 0.1) is 0 Å². The number of hydrogen-bond donors (Lipinski definition) is 2. The highest BCUT2D eigenvalue weighted by molar-refractivity contribution is 6.18. The molecule has 1 aliphatic rings. The fraction of sp³-hybridized carbons (Fsp3) is 0.0426. The van der Waals surface area contributed by atoms with E-state index in [-0.39, 0.29) is 12.3 Å². The monoisotopic (exact) mass is 655 g/mol. The molecular formula is C47H33N3O. The minimum atomic E-state index is -0.305. The first-order valence-electron chi connectivity index (χ1n) is 17.4. The molecule has 0 amide bonds. The first-order chi connectivity index (χ1) is 25.3. The maximum absolute atomic E-state index is 6.57. The number of rotatable bonds is 5. The largest absolute Gasteiger partial charge is 0.455 e. The van der Waals surface area contributed by atoms with Gasteiger partial charge in [-0.3, -0.25) is 5.32 Å². The van der Waals surface area contributed by atoms with Crippen LogP contribution >= 0.6 is 0 Å². The fourth-order valence-corrected chi connectivity index (χ4v) is 7.73.